The molecule has 13 heavy (non-hydrogen) atoms. The molecule has 5 heteroatoms. The van der Waals surface area contributed by atoms with Crippen LogP contribution in [0.25, 0.3) is 0 Å². The largest absolute Gasteiger partial charge is 0.463 e. The van der Waals surface area contributed by atoms with Crippen molar-refractivity contribution in [3.8, 4) is 0 Å². The zero-order chi connectivity index (χ0) is 10.5. The summed E-state index contributed by atoms with van der Waals surface area (Å²) in [6.45, 7) is 7.84. The maximum absolute atomic E-state index is 10.5. The van der Waals surface area contributed by atoms with E-state index in [1.807, 2.05) is 0 Å². The monoisotopic (exact) mass is 224 g/mol. The molecule has 0 radical (unpaired) electrons. The van der Waals surface area contributed by atoms with Crippen molar-refractivity contribution in [1.29, 1.82) is 0 Å². The lowest BCUT2D eigenvalue weighted by atomic mass is 10.4. The van der Waals surface area contributed by atoms with Gasteiger partial charge in [-0.1, -0.05) is 0 Å². The predicted molar refractivity (Wildman–Crippen MR) is 55.6 cm³/mol. The zero-order valence-electron chi connectivity index (χ0n) is 8.59. The molecular weight excluding hydrogens is 208 g/mol. The molecule has 0 aliphatic carbocycles. The van der Waals surface area contributed by atoms with Crippen molar-refractivity contribution in [3.05, 3.63) is 0 Å². The molecule has 0 aromatic rings. The van der Waals surface area contributed by atoms with Crippen LogP contribution in [-0.4, -0.2) is 32.9 Å². The van der Waals surface area contributed by atoms with E-state index >= 15 is 0 Å². The summed E-state index contributed by atoms with van der Waals surface area (Å²) < 4.78 is 10.5. The van der Waals surface area contributed by atoms with Gasteiger partial charge in [0.2, 0.25) is 0 Å². The second-order valence-electron chi connectivity index (χ2n) is 3.81. The first-order valence-corrected chi connectivity index (χ1v) is 8.16. The lowest BCUT2D eigenvalue weighted by molar-refractivity contribution is -0.143. The molecule has 0 amide bonds. The van der Waals surface area contributed by atoms with Gasteiger partial charge >= 0.3 is 5.97 Å². The third-order valence-corrected chi connectivity index (χ3v) is 2.55. The maximum atomic E-state index is 10.5. The first-order valence-electron chi connectivity index (χ1n) is 4.22. The topological polar surface area (TPSA) is 35.5 Å². The Morgan fingerprint density at radius 3 is 2.31 bits per heavy atom. The highest BCUT2D eigenvalue weighted by atomic mass is 35.5. The number of hydrogen-bond donors (Lipinski definition) is 0. The van der Waals surface area contributed by atoms with Crippen LogP contribution in [0, 0.1) is 0 Å². The van der Waals surface area contributed by atoms with E-state index in [9.17, 15) is 4.79 Å². The molecule has 78 valence electrons. The highest BCUT2D eigenvalue weighted by Gasteiger charge is 2.21. The quantitative estimate of drug-likeness (QED) is 0.407. The second-order valence-corrected chi connectivity index (χ2v) is 8.58. The van der Waals surface area contributed by atoms with Crippen LogP contribution in [0.5, 0.6) is 0 Å². The van der Waals surface area contributed by atoms with Crippen molar-refractivity contribution < 1.29 is 14.0 Å². The molecule has 0 aliphatic heterocycles. The molecule has 0 heterocycles. The number of esters is 1. The molecule has 3 nitrogen and oxygen atoms in total. The third kappa shape index (κ3) is 8.27. The van der Waals surface area contributed by atoms with Gasteiger partial charge in [-0.3, -0.25) is 4.79 Å². The fourth-order valence-electron chi connectivity index (χ4n) is 0.820. The summed E-state index contributed by atoms with van der Waals surface area (Å²) in [6.07, 6.45) is -0.169. The fraction of sp³-hybridized carbons (Fsp3) is 0.875. The molecule has 0 N–H and O–H groups in total. The summed E-state index contributed by atoms with van der Waals surface area (Å²) in [7, 11) is -1.59. The van der Waals surface area contributed by atoms with Gasteiger partial charge in [-0.25, -0.2) is 0 Å². The van der Waals surface area contributed by atoms with Crippen LogP contribution in [-0.2, 0) is 14.0 Å². The number of ether oxygens (including phenoxy) is 1. The van der Waals surface area contributed by atoms with E-state index in [4.69, 9.17) is 20.8 Å². The zero-order valence-corrected chi connectivity index (χ0v) is 10.4. The lowest BCUT2D eigenvalue weighted by Gasteiger charge is -2.24. The average Bonchev–Trinajstić information content (AvgIpc) is 1.95. The molecule has 0 saturated carbocycles. The van der Waals surface area contributed by atoms with Gasteiger partial charge in [0, 0.05) is 6.92 Å². The molecule has 0 aromatic heterocycles. The minimum Gasteiger partial charge on any atom is -0.463 e. The molecule has 0 rings (SSSR count). The van der Waals surface area contributed by atoms with Gasteiger partial charge in [0.05, 0.1) is 12.0 Å². The van der Waals surface area contributed by atoms with Crippen LogP contribution in [0.15, 0.2) is 0 Å². The Labute approximate surface area is 85.5 Å². The van der Waals surface area contributed by atoms with Crippen LogP contribution in [0.2, 0.25) is 19.6 Å². The highest BCUT2D eigenvalue weighted by Crippen LogP contribution is 2.09. The first-order chi connectivity index (χ1) is 5.85. The molecule has 0 aliphatic rings. The van der Waals surface area contributed by atoms with Gasteiger partial charge in [0.15, 0.2) is 8.32 Å². The average molecular weight is 225 g/mol. The van der Waals surface area contributed by atoms with E-state index in [0.717, 1.165) is 0 Å². The van der Waals surface area contributed by atoms with Crippen molar-refractivity contribution in [3.63, 3.8) is 0 Å². The standard InChI is InChI=1S/C8H17ClO3Si/c1-7(10)11-6-8(5-9)12-13(2,3)4/h8H,5-6H2,1-4H3/t8-/m0/s1. The Hall–Kier alpha value is -0.0631. The van der Waals surface area contributed by atoms with Crippen molar-refractivity contribution in [2.24, 2.45) is 0 Å². The molecular formula is C8H17ClO3Si. The van der Waals surface area contributed by atoms with E-state index in [1.165, 1.54) is 6.92 Å². The summed E-state index contributed by atoms with van der Waals surface area (Å²) >= 11 is 5.66. The van der Waals surface area contributed by atoms with Gasteiger partial charge < -0.3 is 9.16 Å². The summed E-state index contributed by atoms with van der Waals surface area (Å²) in [5.74, 6) is 0.0617. The first kappa shape index (κ1) is 12.9. The van der Waals surface area contributed by atoms with Gasteiger partial charge in [0.1, 0.15) is 6.61 Å². The minimum absolute atomic E-state index is 0.169. The highest BCUT2D eigenvalue weighted by molar-refractivity contribution is 6.69. The Balaban J connectivity index is 3.83. The van der Waals surface area contributed by atoms with Gasteiger partial charge in [0.25, 0.3) is 0 Å². The number of carbonyl (C=O) groups is 1. The molecule has 0 fully saturated rings. The lowest BCUT2D eigenvalue weighted by Crippen LogP contribution is -2.36. The van der Waals surface area contributed by atoms with Crippen LogP contribution in [0.1, 0.15) is 6.92 Å². The van der Waals surface area contributed by atoms with Gasteiger partial charge in [-0.05, 0) is 19.6 Å². The Morgan fingerprint density at radius 1 is 1.46 bits per heavy atom. The van der Waals surface area contributed by atoms with Crippen LogP contribution in [0.3, 0.4) is 0 Å². The van der Waals surface area contributed by atoms with Gasteiger partial charge in [-0.2, -0.15) is 0 Å². The predicted octanol–water partition coefficient (Wildman–Crippen LogP) is 2.01. The second kappa shape index (κ2) is 5.62. The van der Waals surface area contributed by atoms with E-state index in [1.54, 1.807) is 0 Å². The maximum Gasteiger partial charge on any atom is 0.302 e. The number of halogens is 1. The number of carbonyl (C=O) groups excluding carboxylic acids is 1. The van der Waals surface area contributed by atoms with Crippen LogP contribution >= 0.6 is 11.6 Å². The van der Waals surface area contributed by atoms with E-state index in [0.29, 0.717) is 5.88 Å². The smallest absolute Gasteiger partial charge is 0.302 e. The van der Waals surface area contributed by atoms with E-state index < -0.39 is 8.32 Å². The van der Waals surface area contributed by atoms with Crippen molar-refractivity contribution in [1.82, 2.24) is 0 Å². The molecule has 0 saturated heterocycles. The molecule has 1 atom stereocenters. The number of rotatable bonds is 5. The molecule has 0 bridgehead atoms. The fourth-order valence-corrected chi connectivity index (χ4v) is 2.23. The number of alkyl halides is 1. The van der Waals surface area contributed by atoms with Crippen LogP contribution in [0.4, 0.5) is 0 Å². The minimum atomic E-state index is -1.59. The van der Waals surface area contributed by atoms with Crippen LogP contribution < -0.4 is 0 Å². The van der Waals surface area contributed by atoms with E-state index in [2.05, 4.69) is 19.6 Å². The van der Waals surface area contributed by atoms with Gasteiger partial charge in [-0.15, -0.1) is 11.6 Å². The SMILES string of the molecule is CC(=O)OC[C@H](CCl)O[Si](C)(C)C. The van der Waals surface area contributed by atoms with E-state index in [-0.39, 0.29) is 18.7 Å². The Kier molecular flexibility index (Phi) is 5.59. The van der Waals surface area contributed by atoms with Crippen molar-refractivity contribution in [2.45, 2.75) is 32.7 Å². The molecule has 0 spiro atoms. The molecule has 0 aromatic carbocycles. The third-order valence-electron chi connectivity index (χ3n) is 1.16. The summed E-state index contributed by atoms with van der Waals surface area (Å²) in [5, 5.41) is 0. The van der Waals surface area contributed by atoms with Crippen molar-refractivity contribution in [2.75, 3.05) is 12.5 Å². The summed E-state index contributed by atoms with van der Waals surface area (Å²) in [6, 6.07) is 0. The summed E-state index contributed by atoms with van der Waals surface area (Å²) in [5.41, 5.74) is 0. The van der Waals surface area contributed by atoms with Crippen molar-refractivity contribution >= 4 is 25.9 Å². The normalized spacial score (nSPS) is 13.9. The Bertz CT molecular complexity index is 167. The Morgan fingerprint density at radius 2 is 2.00 bits per heavy atom. The number of hydrogen-bond acceptors (Lipinski definition) is 3. The molecule has 0 unspecified atom stereocenters. The summed E-state index contributed by atoms with van der Waals surface area (Å²) in [4.78, 5) is 10.5.